The molecule has 0 bridgehead atoms. The molecular weight excluding hydrogens is 296 g/mol. The molecule has 0 N–H and O–H groups in total. The van der Waals surface area contributed by atoms with Gasteiger partial charge in [-0.2, -0.15) is 0 Å². The van der Waals surface area contributed by atoms with Crippen LogP contribution in [0.25, 0.3) is 0 Å². The highest BCUT2D eigenvalue weighted by Crippen LogP contribution is 2.70. The number of hydrogen-bond donors (Lipinski definition) is 0. The minimum absolute atomic E-state index is 0.0516. The zero-order valence-corrected chi connectivity index (χ0v) is 16.0. The van der Waals surface area contributed by atoms with E-state index in [-0.39, 0.29) is 22.0 Å². The minimum atomic E-state index is -0.352. The molecule has 3 aliphatic carbocycles. The molecule has 134 valence electrons. The summed E-state index contributed by atoms with van der Waals surface area (Å²) in [6.07, 6.45) is 11.2. The predicted octanol–water partition coefficient (Wildman–Crippen LogP) is 5.64. The van der Waals surface area contributed by atoms with Crippen LogP contribution in [0.1, 0.15) is 72.6 Å². The van der Waals surface area contributed by atoms with Crippen LogP contribution in [0, 0.1) is 22.2 Å². The first-order valence-electron chi connectivity index (χ1n) is 9.94. The maximum atomic E-state index is 6.24. The number of allylic oxidation sites excluding steroid dienone is 3. The van der Waals surface area contributed by atoms with Crippen LogP contribution in [0.5, 0.6) is 0 Å². The van der Waals surface area contributed by atoms with E-state index >= 15 is 0 Å². The highest BCUT2D eigenvalue weighted by atomic mass is 16.7. The molecule has 4 aliphatic rings. The van der Waals surface area contributed by atoms with Crippen LogP contribution < -0.4 is 0 Å². The van der Waals surface area contributed by atoms with E-state index in [4.69, 9.17) is 9.47 Å². The Hall–Kier alpha value is -0.600. The largest absolute Gasteiger partial charge is 0.347 e. The van der Waals surface area contributed by atoms with Crippen LogP contribution in [0.2, 0.25) is 0 Å². The van der Waals surface area contributed by atoms with Crippen molar-refractivity contribution < 1.29 is 9.47 Å². The van der Waals surface area contributed by atoms with Gasteiger partial charge in [-0.25, -0.2) is 0 Å². The van der Waals surface area contributed by atoms with Crippen LogP contribution >= 0.6 is 0 Å². The Morgan fingerprint density at radius 3 is 2.46 bits per heavy atom. The third kappa shape index (κ3) is 1.90. The molecule has 1 aliphatic heterocycles. The molecule has 0 aromatic heterocycles. The van der Waals surface area contributed by atoms with Crippen molar-refractivity contribution in [2.75, 3.05) is 13.2 Å². The molecule has 3 fully saturated rings. The van der Waals surface area contributed by atoms with Crippen LogP contribution in [-0.4, -0.2) is 19.0 Å². The zero-order chi connectivity index (χ0) is 17.2. The average molecular weight is 331 g/mol. The summed E-state index contributed by atoms with van der Waals surface area (Å²) in [7, 11) is 0. The standard InChI is InChI=1S/C22H34O2/c1-16(2)21-10-7-6-8-18(21)20(5)12-13-22(23-14-15-24-22)19(3,4)17(20)9-11-21/h8,17H,1,6-7,9-15H2,2-5H3/t17?,20-,21+/m0/s1. The summed E-state index contributed by atoms with van der Waals surface area (Å²) in [6, 6.07) is 0. The van der Waals surface area contributed by atoms with E-state index in [2.05, 4.69) is 40.3 Å². The topological polar surface area (TPSA) is 18.5 Å². The Morgan fingerprint density at radius 2 is 1.79 bits per heavy atom. The second-order valence-corrected chi connectivity index (χ2v) is 9.55. The van der Waals surface area contributed by atoms with Gasteiger partial charge in [0, 0.05) is 17.3 Å². The monoisotopic (exact) mass is 330 g/mol. The Morgan fingerprint density at radius 1 is 1.08 bits per heavy atom. The molecule has 1 spiro atoms. The molecule has 1 unspecified atom stereocenters. The molecule has 0 aromatic carbocycles. The SMILES string of the molecule is C=C(C)[C@]12CCCC=C1[C@@]1(C)CCC3(OCCO3)C(C)(C)C1CC2. The first-order valence-corrected chi connectivity index (χ1v) is 9.94. The lowest BCUT2D eigenvalue weighted by atomic mass is 9.42. The number of hydrogen-bond acceptors (Lipinski definition) is 2. The summed E-state index contributed by atoms with van der Waals surface area (Å²) in [4.78, 5) is 0. The van der Waals surface area contributed by atoms with Gasteiger partial charge in [0.05, 0.1) is 13.2 Å². The van der Waals surface area contributed by atoms with Crippen molar-refractivity contribution in [3.63, 3.8) is 0 Å². The molecule has 3 atom stereocenters. The molecular formula is C22H34O2. The molecule has 1 heterocycles. The van der Waals surface area contributed by atoms with Gasteiger partial charge in [-0.05, 0) is 56.8 Å². The minimum Gasteiger partial charge on any atom is -0.347 e. The van der Waals surface area contributed by atoms with E-state index in [1.54, 1.807) is 5.57 Å². The van der Waals surface area contributed by atoms with Gasteiger partial charge in [-0.1, -0.05) is 44.6 Å². The lowest BCUT2D eigenvalue weighted by Crippen LogP contribution is -2.62. The van der Waals surface area contributed by atoms with Crippen molar-refractivity contribution in [1.82, 2.24) is 0 Å². The maximum Gasteiger partial charge on any atom is 0.173 e. The van der Waals surface area contributed by atoms with Crippen LogP contribution in [0.15, 0.2) is 23.8 Å². The summed E-state index contributed by atoms with van der Waals surface area (Å²) < 4.78 is 12.5. The highest BCUT2D eigenvalue weighted by Gasteiger charge is 2.66. The van der Waals surface area contributed by atoms with Gasteiger partial charge in [0.15, 0.2) is 5.79 Å². The molecule has 0 aromatic rings. The van der Waals surface area contributed by atoms with Gasteiger partial charge >= 0.3 is 0 Å². The zero-order valence-electron chi connectivity index (χ0n) is 16.0. The number of rotatable bonds is 1. The van der Waals surface area contributed by atoms with Gasteiger partial charge in [0.2, 0.25) is 0 Å². The average Bonchev–Trinajstić information content (AvgIpc) is 3.02. The molecule has 0 amide bonds. The van der Waals surface area contributed by atoms with Crippen molar-refractivity contribution >= 4 is 0 Å². The summed E-state index contributed by atoms with van der Waals surface area (Å²) in [5, 5.41) is 0. The van der Waals surface area contributed by atoms with Gasteiger partial charge in [-0.3, -0.25) is 0 Å². The highest BCUT2D eigenvalue weighted by molar-refractivity contribution is 5.38. The van der Waals surface area contributed by atoms with Crippen LogP contribution in [-0.2, 0) is 9.47 Å². The first kappa shape index (κ1) is 16.8. The van der Waals surface area contributed by atoms with Gasteiger partial charge < -0.3 is 9.47 Å². The van der Waals surface area contributed by atoms with Gasteiger partial charge in [0.25, 0.3) is 0 Å². The Balaban J connectivity index is 1.79. The van der Waals surface area contributed by atoms with Crippen molar-refractivity contribution in [2.45, 2.75) is 78.4 Å². The smallest absolute Gasteiger partial charge is 0.173 e. The quantitative estimate of drug-likeness (QED) is 0.579. The Labute approximate surface area is 147 Å². The lowest BCUT2D eigenvalue weighted by molar-refractivity contribution is -0.284. The molecule has 2 saturated carbocycles. The van der Waals surface area contributed by atoms with E-state index in [1.807, 2.05) is 0 Å². The first-order chi connectivity index (χ1) is 11.3. The molecule has 4 rings (SSSR count). The van der Waals surface area contributed by atoms with Gasteiger partial charge in [0.1, 0.15) is 0 Å². The third-order valence-corrected chi connectivity index (χ3v) is 8.31. The van der Waals surface area contributed by atoms with Crippen LogP contribution in [0.3, 0.4) is 0 Å². The number of ether oxygens (including phenoxy) is 2. The van der Waals surface area contributed by atoms with Gasteiger partial charge in [-0.15, -0.1) is 0 Å². The second-order valence-electron chi connectivity index (χ2n) is 9.55. The number of fused-ring (bicyclic) bond motifs is 3. The van der Waals surface area contributed by atoms with Crippen molar-refractivity contribution in [1.29, 1.82) is 0 Å². The summed E-state index contributed by atoms with van der Waals surface area (Å²) in [6.45, 7) is 15.6. The molecule has 2 nitrogen and oxygen atoms in total. The maximum absolute atomic E-state index is 6.24. The van der Waals surface area contributed by atoms with Crippen molar-refractivity contribution in [3.8, 4) is 0 Å². The third-order valence-electron chi connectivity index (χ3n) is 8.31. The van der Waals surface area contributed by atoms with E-state index in [0.717, 1.165) is 19.6 Å². The Bertz CT molecular complexity index is 581. The molecule has 0 radical (unpaired) electrons. The summed E-state index contributed by atoms with van der Waals surface area (Å²) in [5.74, 6) is 0.268. The van der Waals surface area contributed by atoms with Crippen molar-refractivity contribution in [3.05, 3.63) is 23.8 Å². The fraction of sp³-hybridized carbons (Fsp3) is 0.818. The predicted molar refractivity (Wildman–Crippen MR) is 97.7 cm³/mol. The van der Waals surface area contributed by atoms with Crippen molar-refractivity contribution in [2.24, 2.45) is 22.2 Å². The Kier molecular flexibility index (Phi) is 3.65. The second kappa shape index (κ2) is 5.20. The summed E-state index contributed by atoms with van der Waals surface area (Å²) >= 11 is 0. The van der Waals surface area contributed by atoms with Crippen LogP contribution in [0.4, 0.5) is 0 Å². The van der Waals surface area contributed by atoms with E-state index < -0.39 is 0 Å². The fourth-order valence-electron chi connectivity index (χ4n) is 7.02. The molecule has 2 heteroatoms. The normalized spacial score (nSPS) is 43.0. The molecule has 1 saturated heterocycles. The fourth-order valence-corrected chi connectivity index (χ4v) is 7.02. The molecule has 24 heavy (non-hydrogen) atoms. The summed E-state index contributed by atoms with van der Waals surface area (Å²) in [5.41, 5.74) is 3.68. The van der Waals surface area contributed by atoms with E-state index in [1.165, 1.54) is 44.1 Å². The lowest BCUT2D eigenvalue weighted by Gasteiger charge is -2.65. The van der Waals surface area contributed by atoms with E-state index in [9.17, 15) is 0 Å². The van der Waals surface area contributed by atoms with E-state index in [0.29, 0.717) is 5.92 Å².